The summed E-state index contributed by atoms with van der Waals surface area (Å²) in [6.45, 7) is 1.24. The molecular formula is C9H11BrN2O4S. The Kier molecular flexibility index (Phi) is 4.47. The minimum absolute atomic E-state index is 0.143. The SMILES string of the molecule is COC(=O)C(C)S(=O)(=O)Nc1ccc(Br)cn1. The number of nitrogens with zero attached hydrogens (tertiary/aromatic N) is 1. The van der Waals surface area contributed by atoms with E-state index in [9.17, 15) is 13.2 Å². The number of methoxy groups -OCH3 is 1. The number of halogens is 1. The van der Waals surface area contributed by atoms with Gasteiger partial charge in [-0.3, -0.25) is 9.52 Å². The zero-order valence-corrected chi connectivity index (χ0v) is 11.6. The number of carbonyl (C=O) groups is 1. The van der Waals surface area contributed by atoms with Crippen LogP contribution < -0.4 is 4.72 Å². The summed E-state index contributed by atoms with van der Waals surface area (Å²) in [4.78, 5) is 15.0. The summed E-state index contributed by atoms with van der Waals surface area (Å²) in [7, 11) is -2.71. The monoisotopic (exact) mass is 322 g/mol. The molecular weight excluding hydrogens is 312 g/mol. The van der Waals surface area contributed by atoms with Crippen molar-refractivity contribution in [3.63, 3.8) is 0 Å². The number of carbonyl (C=O) groups excluding carboxylic acids is 1. The van der Waals surface area contributed by atoms with Gasteiger partial charge in [-0.25, -0.2) is 13.4 Å². The van der Waals surface area contributed by atoms with E-state index in [0.29, 0.717) is 0 Å². The summed E-state index contributed by atoms with van der Waals surface area (Å²) in [6.07, 6.45) is 1.45. The fraction of sp³-hybridized carbons (Fsp3) is 0.333. The number of nitrogens with one attached hydrogen (secondary N) is 1. The van der Waals surface area contributed by atoms with E-state index in [0.717, 1.165) is 11.6 Å². The number of hydrogen-bond donors (Lipinski definition) is 1. The molecule has 1 aromatic heterocycles. The molecule has 0 amide bonds. The van der Waals surface area contributed by atoms with E-state index in [1.54, 1.807) is 6.07 Å². The highest BCUT2D eigenvalue weighted by molar-refractivity contribution is 9.10. The van der Waals surface area contributed by atoms with Gasteiger partial charge in [0.15, 0.2) is 5.25 Å². The van der Waals surface area contributed by atoms with E-state index in [2.05, 4.69) is 30.4 Å². The van der Waals surface area contributed by atoms with Crippen molar-refractivity contribution in [2.45, 2.75) is 12.2 Å². The van der Waals surface area contributed by atoms with Crippen molar-refractivity contribution in [3.05, 3.63) is 22.8 Å². The molecule has 1 unspecified atom stereocenters. The molecule has 0 aliphatic rings. The van der Waals surface area contributed by atoms with Crippen molar-refractivity contribution in [2.24, 2.45) is 0 Å². The van der Waals surface area contributed by atoms with Crippen molar-refractivity contribution in [1.29, 1.82) is 0 Å². The van der Waals surface area contributed by atoms with Crippen LogP contribution in [0.5, 0.6) is 0 Å². The molecule has 17 heavy (non-hydrogen) atoms. The number of rotatable bonds is 4. The zero-order valence-electron chi connectivity index (χ0n) is 9.18. The van der Waals surface area contributed by atoms with Crippen LogP contribution in [0.2, 0.25) is 0 Å². The molecule has 0 saturated heterocycles. The van der Waals surface area contributed by atoms with E-state index in [-0.39, 0.29) is 5.82 Å². The number of aromatic nitrogens is 1. The van der Waals surface area contributed by atoms with Gasteiger partial charge in [-0.05, 0) is 35.0 Å². The van der Waals surface area contributed by atoms with Crippen LogP contribution in [-0.2, 0) is 19.6 Å². The molecule has 6 nitrogen and oxygen atoms in total. The van der Waals surface area contributed by atoms with Gasteiger partial charge in [0.2, 0.25) is 10.0 Å². The first kappa shape index (κ1) is 13.9. The van der Waals surface area contributed by atoms with Gasteiger partial charge in [0.25, 0.3) is 0 Å². The van der Waals surface area contributed by atoms with Gasteiger partial charge in [-0.2, -0.15) is 0 Å². The van der Waals surface area contributed by atoms with Crippen molar-refractivity contribution < 1.29 is 17.9 Å². The van der Waals surface area contributed by atoms with Crippen LogP contribution in [0.25, 0.3) is 0 Å². The Hall–Kier alpha value is -1.15. The van der Waals surface area contributed by atoms with Crippen LogP contribution >= 0.6 is 15.9 Å². The lowest BCUT2D eigenvalue weighted by Gasteiger charge is -2.12. The van der Waals surface area contributed by atoms with E-state index in [4.69, 9.17) is 0 Å². The third-order valence-electron chi connectivity index (χ3n) is 1.97. The molecule has 0 fully saturated rings. The summed E-state index contributed by atoms with van der Waals surface area (Å²) < 4.78 is 30.7. The Balaban J connectivity index is 2.86. The Morgan fingerprint density at radius 2 is 2.18 bits per heavy atom. The van der Waals surface area contributed by atoms with Crippen LogP contribution in [0.1, 0.15) is 6.92 Å². The number of anilines is 1. The van der Waals surface area contributed by atoms with E-state index in [1.165, 1.54) is 19.2 Å². The molecule has 0 aliphatic carbocycles. The Morgan fingerprint density at radius 3 is 2.65 bits per heavy atom. The highest BCUT2D eigenvalue weighted by atomic mass is 79.9. The lowest BCUT2D eigenvalue weighted by Crippen LogP contribution is -2.33. The molecule has 1 atom stereocenters. The van der Waals surface area contributed by atoms with Gasteiger partial charge in [-0.15, -0.1) is 0 Å². The van der Waals surface area contributed by atoms with Gasteiger partial charge in [-0.1, -0.05) is 0 Å². The number of sulfonamides is 1. The highest BCUT2D eigenvalue weighted by Gasteiger charge is 2.29. The van der Waals surface area contributed by atoms with Crippen molar-refractivity contribution in [3.8, 4) is 0 Å². The molecule has 0 saturated carbocycles. The Morgan fingerprint density at radius 1 is 1.53 bits per heavy atom. The molecule has 0 radical (unpaired) electrons. The maximum Gasteiger partial charge on any atom is 0.325 e. The second-order valence-electron chi connectivity index (χ2n) is 3.17. The van der Waals surface area contributed by atoms with Gasteiger partial charge in [0.1, 0.15) is 5.82 Å². The molecule has 1 rings (SSSR count). The average molecular weight is 323 g/mol. The van der Waals surface area contributed by atoms with Crippen molar-refractivity contribution in [1.82, 2.24) is 4.98 Å². The topological polar surface area (TPSA) is 85.4 Å². The second-order valence-corrected chi connectivity index (χ2v) is 6.09. The molecule has 1 heterocycles. The van der Waals surface area contributed by atoms with Crippen LogP contribution in [0, 0.1) is 0 Å². The first-order valence-electron chi connectivity index (χ1n) is 4.58. The van der Waals surface area contributed by atoms with Gasteiger partial charge < -0.3 is 4.74 Å². The molecule has 0 aromatic carbocycles. The predicted molar refractivity (Wildman–Crippen MR) is 66.0 cm³/mol. The number of esters is 1. The molecule has 0 spiro atoms. The number of pyridine rings is 1. The fourth-order valence-corrected chi connectivity index (χ4v) is 2.14. The molecule has 94 valence electrons. The fourth-order valence-electron chi connectivity index (χ4n) is 0.963. The van der Waals surface area contributed by atoms with Crippen LogP contribution in [0.3, 0.4) is 0 Å². The maximum absolute atomic E-state index is 11.7. The molecule has 1 N–H and O–H groups in total. The first-order chi connectivity index (χ1) is 7.86. The highest BCUT2D eigenvalue weighted by Crippen LogP contribution is 2.13. The Labute approximate surface area is 108 Å². The van der Waals surface area contributed by atoms with E-state index in [1.807, 2.05) is 0 Å². The van der Waals surface area contributed by atoms with Crippen molar-refractivity contribution in [2.75, 3.05) is 11.8 Å². The van der Waals surface area contributed by atoms with Gasteiger partial charge >= 0.3 is 5.97 Å². The quantitative estimate of drug-likeness (QED) is 0.840. The van der Waals surface area contributed by atoms with E-state index >= 15 is 0 Å². The maximum atomic E-state index is 11.7. The van der Waals surface area contributed by atoms with Crippen LogP contribution in [0.4, 0.5) is 5.82 Å². The Bertz CT molecular complexity index is 500. The normalized spacial score (nSPS) is 12.9. The lowest BCUT2D eigenvalue weighted by atomic mass is 10.5. The number of hydrogen-bond acceptors (Lipinski definition) is 5. The second kappa shape index (κ2) is 5.46. The summed E-state index contributed by atoms with van der Waals surface area (Å²) in [5.74, 6) is -0.682. The van der Waals surface area contributed by atoms with E-state index < -0.39 is 21.2 Å². The van der Waals surface area contributed by atoms with Gasteiger partial charge in [0, 0.05) is 10.7 Å². The standard InChI is InChI=1S/C9H11BrN2O4S/c1-6(9(13)16-2)17(14,15)12-8-4-3-7(10)5-11-8/h3-6H,1-2H3,(H,11,12). The predicted octanol–water partition coefficient (Wildman–Crippen LogP) is 1.15. The largest absolute Gasteiger partial charge is 0.468 e. The van der Waals surface area contributed by atoms with Gasteiger partial charge in [0.05, 0.1) is 7.11 Å². The minimum atomic E-state index is -3.84. The summed E-state index contributed by atoms with van der Waals surface area (Å²) in [5, 5.41) is -1.29. The molecule has 0 bridgehead atoms. The van der Waals surface area contributed by atoms with Crippen molar-refractivity contribution >= 4 is 37.7 Å². The molecule has 0 aliphatic heterocycles. The molecule has 8 heteroatoms. The van der Waals surface area contributed by atoms with Crippen LogP contribution in [0.15, 0.2) is 22.8 Å². The third-order valence-corrected chi connectivity index (χ3v) is 4.06. The first-order valence-corrected chi connectivity index (χ1v) is 6.92. The lowest BCUT2D eigenvalue weighted by molar-refractivity contribution is -0.139. The molecule has 1 aromatic rings. The summed E-state index contributed by atoms with van der Waals surface area (Å²) in [5.41, 5.74) is 0. The zero-order chi connectivity index (χ0) is 13.1. The van der Waals surface area contributed by atoms with Crippen LogP contribution in [-0.4, -0.2) is 31.7 Å². The minimum Gasteiger partial charge on any atom is -0.468 e. The summed E-state index contributed by atoms with van der Waals surface area (Å²) in [6, 6.07) is 3.11. The smallest absolute Gasteiger partial charge is 0.325 e. The summed E-state index contributed by atoms with van der Waals surface area (Å²) >= 11 is 3.17. The third kappa shape index (κ3) is 3.67. The number of ether oxygens (including phenoxy) is 1. The average Bonchev–Trinajstić information content (AvgIpc) is 2.30.